The van der Waals surface area contributed by atoms with E-state index in [1.807, 2.05) is 11.8 Å². The third kappa shape index (κ3) is 2.69. The number of hydrogen-bond donors (Lipinski definition) is 2. The van der Waals surface area contributed by atoms with Gasteiger partial charge in [-0.3, -0.25) is 14.6 Å². The van der Waals surface area contributed by atoms with Crippen LogP contribution >= 0.6 is 0 Å². The molecule has 18 heavy (non-hydrogen) atoms. The molecule has 0 saturated carbocycles. The Labute approximate surface area is 105 Å². The summed E-state index contributed by atoms with van der Waals surface area (Å²) < 4.78 is 0. The first kappa shape index (κ1) is 12.6. The van der Waals surface area contributed by atoms with Gasteiger partial charge in [-0.05, 0) is 12.8 Å². The summed E-state index contributed by atoms with van der Waals surface area (Å²) in [5.74, 6) is 0.396. The van der Waals surface area contributed by atoms with Gasteiger partial charge in [-0.1, -0.05) is 6.92 Å². The molecule has 2 rings (SSSR count). The van der Waals surface area contributed by atoms with Gasteiger partial charge in [0, 0.05) is 31.5 Å². The number of aromatic nitrogens is 2. The molecule has 1 atom stereocenters. The lowest BCUT2D eigenvalue weighted by Gasteiger charge is -2.32. The van der Waals surface area contributed by atoms with E-state index in [4.69, 9.17) is 5.73 Å². The van der Waals surface area contributed by atoms with E-state index in [0.29, 0.717) is 18.7 Å². The van der Waals surface area contributed by atoms with Crippen molar-refractivity contribution in [3.8, 4) is 0 Å². The van der Waals surface area contributed by atoms with Crippen molar-refractivity contribution in [2.45, 2.75) is 32.1 Å². The first-order chi connectivity index (χ1) is 8.60. The molecule has 0 aromatic carbocycles. The number of hydrogen-bond acceptors (Lipinski definition) is 4. The van der Waals surface area contributed by atoms with Gasteiger partial charge in [0.05, 0.1) is 5.69 Å². The number of nitrogens with zero attached hydrogens (tertiary/aromatic N) is 2. The Hall–Kier alpha value is -1.85. The van der Waals surface area contributed by atoms with Crippen LogP contribution in [0.25, 0.3) is 0 Å². The molecule has 1 saturated heterocycles. The SMILES string of the molecule is CCC(=O)N1CCCC(c2cc(=O)[nH]c(N)n2)C1. The second kappa shape index (κ2) is 5.20. The maximum Gasteiger partial charge on any atom is 0.252 e. The quantitative estimate of drug-likeness (QED) is 0.798. The number of carbonyl (C=O) groups excluding carboxylic acids is 1. The normalized spacial score (nSPS) is 19.8. The Morgan fingerprint density at radius 3 is 3.11 bits per heavy atom. The van der Waals surface area contributed by atoms with Crippen molar-refractivity contribution >= 4 is 11.9 Å². The minimum absolute atomic E-state index is 0.110. The number of carbonyl (C=O) groups is 1. The van der Waals surface area contributed by atoms with Gasteiger partial charge in [0.25, 0.3) is 5.56 Å². The minimum atomic E-state index is -0.239. The van der Waals surface area contributed by atoms with Gasteiger partial charge < -0.3 is 10.6 Å². The minimum Gasteiger partial charge on any atom is -0.369 e. The van der Waals surface area contributed by atoms with E-state index < -0.39 is 0 Å². The predicted octanol–water partition coefficient (Wildman–Crippen LogP) is 0.468. The van der Waals surface area contributed by atoms with Crippen molar-refractivity contribution in [1.82, 2.24) is 14.9 Å². The molecular weight excluding hydrogens is 232 g/mol. The van der Waals surface area contributed by atoms with Crippen molar-refractivity contribution in [2.75, 3.05) is 18.8 Å². The number of amides is 1. The molecule has 1 amide bonds. The molecule has 6 heteroatoms. The molecule has 1 aromatic rings. The number of nitrogen functional groups attached to an aromatic ring is 1. The molecule has 0 radical (unpaired) electrons. The van der Waals surface area contributed by atoms with Crippen molar-refractivity contribution in [3.63, 3.8) is 0 Å². The first-order valence-corrected chi connectivity index (χ1v) is 6.24. The summed E-state index contributed by atoms with van der Waals surface area (Å²) in [5, 5.41) is 0. The van der Waals surface area contributed by atoms with Gasteiger partial charge in [0.15, 0.2) is 0 Å². The molecule has 98 valence electrons. The Bertz CT molecular complexity index is 497. The Morgan fingerprint density at radius 2 is 2.44 bits per heavy atom. The maximum absolute atomic E-state index is 11.7. The fourth-order valence-corrected chi connectivity index (χ4v) is 2.37. The van der Waals surface area contributed by atoms with E-state index in [0.717, 1.165) is 19.4 Å². The number of rotatable bonds is 2. The molecule has 1 aromatic heterocycles. The van der Waals surface area contributed by atoms with E-state index >= 15 is 0 Å². The molecular formula is C12H18N4O2. The van der Waals surface area contributed by atoms with Crippen LogP contribution in [0.2, 0.25) is 0 Å². The smallest absolute Gasteiger partial charge is 0.252 e. The summed E-state index contributed by atoms with van der Waals surface area (Å²) in [4.78, 5) is 31.5. The highest BCUT2D eigenvalue weighted by molar-refractivity contribution is 5.76. The molecule has 2 heterocycles. The average molecular weight is 250 g/mol. The summed E-state index contributed by atoms with van der Waals surface area (Å²) in [6.45, 7) is 3.28. The van der Waals surface area contributed by atoms with Gasteiger partial charge in [-0.15, -0.1) is 0 Å². The van der Waals surface area contributed by atoms with E-state index in [9.17, 15) is 9.59 Å². The second-order valence-electron chi connectivity index (χ2n) is 4.59. The number of piperidine rings is 1. The van der Waals surface area contributed by atoms with E-state index in [2.05, 4.69) is 9.97 Å². The number of aromatic amines is 1. The molecule has 1 unspecified atom stereocenters. The van der Waals surface area contributed by atoms with Crippen molar-refractivity contribution in [2.24, 2.45) is 0 Å². The van der Waals surface area contributed by atoms with E-state index in [1.54, 1.807) is 0 Å². The zero-order chi connectivity index (χ0) is 13.1. The van der Waals surface area contributed by atoms with Crippen LogP contribution in [0.15, 0.2) is 10.9 Å². The van der Waals surface area contributed by atoms with Gasteiger partial charge in [0.1, 0.15) is 0 Å². The standard InChI is InChI=1S/C12H18N4O2/c1-2-11(18)16-5-3-4-8(7-16)9-6-10(17)15-12(13)14-9/h6,8H,2-5,7H2,1H3,(H3,13,14,15,17). The fourth-order valence-electron chi connectivity index (χ4n) is 2.37. The highest BCUT2D eigenvalue weighted by Gasteiger charge is 2.25. The Kier molecular flexibility index (Phi) is 3.64. The lowest BCUT2D eigenvalue weighted by Crippen LogP contribution is -2.39. The first-order valence-electron chi connectivity index (χ1n) is 6.24. The van der Waals surface area contributed by atoms with Crippen molar-refractivity contribution in [1.29, 1.82) is 0 Å². The van der Waals surface area contributed by atoms with Gasteiger partial charge in [-0.2, -0.15) is 0 Å². The highest BCUT2D eigenvalue weighted by Crippen LogP contribution is 2.25. The van der Waals surface area contributed by atoms with Crippen LogP contribution < -0.4 is 11.3 Å². The fraction of sp³-hybridized carbons (Fsp3) is 0.583. The molecule has 0 bridgehead atoms. The Morgan fingerprint density at radius 1 is 1.67 bits per heavy atom. The van der Waals surface area contributed by atoms with Crippen LogP contribution in [0.1, 0.15) is 37.8 Å². The maximum atomic E-state index is 11.7. The van der Waals surface area contributed by atoms with E-state index in [-0.39, 0.29) is 23.3 Å². The summed E-state index contributed by atoms with van der Waals surface area (Å²) in [5.41, 5.74) is 5.99. The molecule has 0 spiro atoms. The summed E-state index contributed by atoms with van der Waals surface area (Å²) in [6.07, 6.45) is 2.38. The summed E-state index contributed by atoms with van der Waals surface area (Å²) in [6, 6.07) is 1.47. The second-order valence-corrected chi connectivity index (χ2v) is 4.59. The highest BCUT2D eigenvalue weighted by atomic mass is 16.2. The molecule has 1 aliphatic rings. The monoisotopic (exact) mass is 250 g/mol. The third-order valence-corrected chi connectivity index (χ3v) is 3.27. The molecule has 6 nitrogen and oxygen atoms in total. The van der Waals surface area contributed by atoms with Crippen molar-refractivity contribution in [3.05, 3.63) is 22.1 Å². The predicted molar refractivity (Wildman–Crippen MR) is 68.1 cm³/mol. The third-order valence-electron chi connectivity index (χ3n) is 3.27. The van der Waals surface area contributed by atoms with Crippen molar-refractivity contribution < 1.29 is 4.79 Å². The largest absolute Gasteiger partial charge is 0.369 e. The Balaban J connectivity index is 2.17. The topological polar surface area (TPSA) is 92.1 Å². The zero-order valence-electron chi connectivity index (χ0n) is 10.5. The summed E-state index contributed by atoms with van der Waals surface area (Å²) >= 11 is 0. The van der Waals surface area contributed by atoms with Gasteiger partial charge in [0.2, 0.25) is 11.9 Å². The van der Waals surface area contributed by atoms with Crippen LogP contribution in [0.3, 0.4) is 0 Å². The zero-order valence-corrected chi connectivity index (χ0v) is 10.5. The number of H-pyrrole nitrogens is 1. The number of anilines is 1. The average Bonchev–Trinajstić information content (AvgIpc) is 2.37. The van der Waals surface area contributed by atoms with Crippen LogP contribution in [-0.2, 0) is 4.79 Å². The van der Waals surface area contributed by atoms with Crippen LogP contribution in [0.5, 0.6) is 0 Å². The van der Waals surface area contributed by atoms with Crippen LogP contribution in [0, 0.1) is 0 Å². The van der Waals surface area contributed by atoms with Crippen LogP contribution in [0.4, 0.5) is 5.95 Å². The van der Waals surface area contributed by atoms with Gasteiger partial charge >= 0.3 is 0 Å². The number of nitrogens with two attached hydrogens (primary N) is 1. The summed E-state index contributed by atoms with van der Waals surface area (Å²) in [7, 11) is 0. The lowest BCUT2D eigenvalue weighted by molar-refractivity contribution is -0.132. The number of nitrogens with one attached hydrogen (secondary N) is 1. The molecule has 1 aliphatic heterocycles. The number of likely N-dealkylation sites (tertiary alicyclic amines) is 1. The molecule has 3 N–H and O–H groups in total. The molecule has 1 fully saturated rings. The van der Waals surface area contributed by atoms with Gasteiger partial charge in [-0.25, -0.2) is 4.98 Å². The van der Waals surface area contributed by atoms with E-state index in [1.165, 1.54) is 6.07 Å². The van der Waals surface area contributed by atoms with Crippen LogP contribution in [-0.4, -0.2) is 33.9 Å². The lowest BCUT2D eigenvalue weighted by atomic mass is 9.94. The molecule has 0 aliphatic carbocycles.